The molecule has 1 N–H and O–H groups in total. The van der Waals surface area contributed by atoms with Gasteiger partial charge in [0.15, 0.2) is 5.03 Å². The average molecular weight is 403 g/mol. The summed E-state index contributed by atoms with van der Waals surface area (Å²) >= 11 is 1.22. The molecule has 6 nitrogen and oxygen atoms in total. The number of carbonyl (C=O) groups excluding carboxylic acids is 1. The van der Waals surface area contributed by atoms with Crippen molar-refractivity contribution in [1.82, 2.24) is 19.8 Å². The number of hydrogen-bond acceptors (Lipinski definition) is 5. The number of nitrogens with zero attached hydrogens (tertiary/aromatic N) is 3. The summed E-state index contributed by atoms with van der Waals surface area (Å²) < 4.78 is 1.71. The summed E-state index contributed by atoms with van der Waals surface area (Å²) in [5.74, 6) is 0.946. The lowest BCUT2D eigenvalue weighted by molar-refractivity contribution is -0.118. The third-order valence-electron chi connectivity index (χ3n) is 5.19. The van der Waals surface area contributed by atoms with Gasteiger partial charge in [0.25, 0.3) is 5.56 Å². The number of para-hydroxylation sites is 2. The van der Waals surface area contributed by atoms with E-state index in [1.807, 2.05) is 31.2 Å². The minimum absolute atomic E-state index is 0.0468. The molecule has 0 saturated carbocycles. The molecular weight excluding hydrogens is 372 g/mol. The molecule has 3 rings (SSSR count). The quantitative estimate of drug-likeness (QED) is 0.543. The van der Waals surface area contributed by atoms with Crippen LogP contribution in [-0.4, -0.2) is 52.3 Å². The van der Waals surface area contributed by atoms with E-state index in [0.717, 1.165) is 29.9 Å². The Kier molecular flexibility index (Phi) is 7.50. The summed E-state index contributed by atoms with van der Waals surface area (Å²) in [5.41, 5.74) is 1.48. The van der Waals surface area contributed by atoms with Crippen molar-refractivity contribution in [3.63, 3.8) is 0 Å². The summed E-state index contributed by atoms with van der Waals surface area (Å²) in [5, 5.41) is 3.35. The second-order valence-corrected chi connectivity index (χ2v) is 8.46. The zero-order chi connectivity index (χ0) is 19.9. The molecule has 7 heteroatoms. The second kappa shape index (κ2) is 10.1. The standard InChI is InChI=1S/C21H30N4O2S/c1-3-25-18-10-5-4-9-17(18)23-20(21(25)27)28-15-19(26)22-11-7-13-24-12-6-8-16(2)14-24/h4-5,9-10,16H,3,6-8,11-15H2,1-2H3,(H,22,26)/t16-/m0/s1. The Morgan fingerprint density at radius 3 is 2.96 bits per heavy atom. The van der Waals surface area contributed by atoms with Crippen LogP contribution in [0.1, 0.15) is 33.1 Å². The maximum Gasteiger partial charge on any atom is 0.283 e. The van der Waals surface area contributed by atoms with Crippen LogP contribution in [0.3, 0.4) is 0 Å². The van der Waals surface area contributed by atoms with Gasteiger partial charge in [-0.3, -0.25) is 9.59 Å². The first-order valence-electron chi connectivity index (χ1n) is 10.2. The topological polar surface area (TPSA) is 67.2 Å². The zero-order valence-corrected chi connectivity index (χ0v) is 17.6. The smallest absolute Gasteiger partial charge is 0.283 e. The summed E-state index contributed by atoms with van der Waals surface area (Å²) in [6.07, 6.45) is 3.56. The van der Waals surface area contributed by atoms with Crippen LogP contribution in [0, 0.1) is 5.92 Å². The van der Waals surface area contributed by atoms with Crippen molar-refractivity contribution in [2.24, 2.45) is 5.92 Å². The van der Waals surface area contributed by atoms with E-state index in [9.17, 15) is 9.59 Å². The molecule has 0 spiro atoms. The highest BCUT2D eigenvalue weighted by Crippen LogP contribution is 2.17. The molecule has 1 aliphatic rings. The molecule has 1 aliphatic heterocycles. The molecule has 0 unspecified atom stereocenters. The van der Waals surface area contributed by atoms with Crippen LogP contribution in [0.5, 0.6) is 0 Å². The Bertz CT molecular complexity index is 867. The first kappa shape index (κ1) is 20.9. The van der Waals surface area contributed by atoms with Gasteiger partial charge in [-0.2, -0.15) is 0 Å². The fraction of sp³-hybridized carbons (Fsp3) is 0.571. The van der Waals surface area contributed by atoms with E-state index in [1.165, 1.54) is 37.7 Å². The lowest BCUT2D eigenvalue weighted by Gasteiger charge is -2.30. The Balaban J connectivity index is 1.48. The number of likely N-dealkylation sites (tertiary alicyclic amines) is 1. The van der Waals surface area contributed by atoms with E-state index in [0.29, 0.717) is 18.1 Å². The van der Waals surface area contributed by atoms with Crippen LogP contribution < -0.4 is 10.9 Å². The van der Waals surface area contributed by atoms with Crippen LogP contribution >= 0.6 is 11.8 Å². The van der Waals surface area contributed by atoms with Crippen LogP contribution in [0.25, 0.3) is 11.0 Å². The normalized spacial score (nSPS) is 17.7. The number of piperidine rings is 1. The molecule has 1 saturated heterocycles. The van der Waals surface area contributed by atoms with Gasteiger partial charge in [-0.15, -0.1) is 0 Å². The highest BCUT2D eigenvalue weighted by Gasteiger charge is 2.16. The number of aromatic nitrogens is 2. The van der Waals surface area contributed by atoms with E-state index in [-0.39, 0.29) is 17.2 Å². The minimum atomic E-state index is -0.127. The lowest BCUT2D eigenvalue weighted by atomic mass is 10.0. The number of nitrogens with one attached hydrogen (secondary N) is 1. The molecule has 152 valence electrons. The predicted molar refractivity (Wildman–Crippen MR) is 115 cm³/mol. The fourth-order valence-corrected chi connectivity index (χ4v) is 4.55. The Morgan fingerprint density at radius 2 is 2.18 bits per heavy atom. The van der Waals surface area contributed by atoms with Crippen LogP contribution in [-0.2, 0) is 11.3 Å². The fourth-order valence-electron chi connectivity index (χ4n) is 3.78. The van der Waals surface area contributed by atoms with Crippen LogP contribution in [0.4, 0.5) is 0 Å². The van der Waals surface area contributed by atoms with Crippen molar-refractivity contribution >= 4 is 28.7 Å². The van der Waals surface area contributed by atoms with E-state index in [2.05, 4.69) is 22.1 Å². The van der Waals surface area contributed by atoms with E-state index in [1.54, 1.807) is 4.57 Å². The number of aryl methyl sites for hydroxylation is 1. The van der Waals surface area contributed by atoms with Gasteiger partial charge >= 0.3 is 0 Å². The van der Waals surface area contributed by atoms with E-state index < -0.39 is 0 Å². The number of carbonyl (C=O) groups is 1. The summed E-state index contributed by atoms with van der Waals surface area (Å²) in [6, 6.07) is 7.61. The third kappa shape index (κ3) is 5.35. The average Bonchev–Trinajstić information content (AvgIpc) is 2.70. The van der Waals surface area contributed by atoms with Crippen molar-refractivity contribution in [3.8, 4) is 0 Å². The highest BCUT2D eigenvalue weighted by molar-refractivity contribution is 7.99. The molecule has 1 fully saturated rings. The molecule has 1 atom stereocenters. The minimum Gasteiger partial charge on any atom is -0.355 e. The molecule has 28 heavy (non-hydrogen) atoms. The highest BCUT2D eigenvalue weighted by atomic mass is 32.2. The Morgan fingerprint density at radius 1 is 1.36 bits per heavy atom. The maximum atomic E-state index is 12.6. The first-order chi connectivity index (χ1) is 13.6. The number of rotatable bonds is 8. The zero-order valence-electron chi connectivity index (χ0n) is 16.8. The Hall–Kier alpha value is -1.86. The SMILES string of the molecule is CCn1c(=O)c(SCC(=O)NCCCN2CCC[C@H](C)C2)nc2ccccc21. The predicted octanol–water partition coefficient (Wildman–Crippen LogP) is 2.75. The number of benzene rings is 1. The van der Waals surface area contributed by atoms with Gasteiger partial charge in [-0.1, -0.05) is 30.8 Å². The molecular formula is C21H30N4O2S. The van der Waals surface area contributed by atoms with Crippen LogP contribution in [0.2, 0.25) is 0 Å². The molecule has 1 aromatic heterocycles. The molecule has 0 bridgehead atoms. The van der Waals surface area contributed by atoms with Crippen molar-refractivity contribution < 1.29 is 4.79 Å². The van der Waals surface area contributed by atoms with Gasteiger partial charge in [0.2, 0.25) is 5.91 Å². The Labute approximate surface area is 170 Å². The summed E-state index contributed by atoms with van der Waals surface area (Å²) in [4.78, 5) is 31.7. The maximum absolute atomic E-state index is 12.6. The third-order valence-corrected chi connectivity index (χ3v) is 6.14. The van der Waals surface area contributed by atoms with Crippen molar-refractivity contribution in [2.45, 2.75) is 44.7 Å². The largest absolute Gasteiger partial charge is 0.355 e. The molecule has 0 aliphatic carbocycles. The molecule has 1 aromatic carbocycles. The monoisotopic (exact) mass is 402 g/mol. The van der Waals surface area contributed by atoms with Gasteiger partial charge in [-0.05, 0) is 57.3 Å². The summed E-state index contributed by atoms with van der Waals surface area (Å²) in [7, 11) is 0. The lowest BCUT2D eigenvalue weighted by Crippen LogP contribution is -2.36. The second-order valence-electron chi connectivity index (χ2n) is 7.50. The van der Waals surface area contributed by atoms with Gasteiger partial charge < -0.3 is 14.8 Å². The van der Waals surface area contributed by atoms with Crippen molar-refractivity contribution in [1.29, 1.82) is 0 Å². The molecule has 2 heterocycles. The van der Waals surface area contributed by atoms with Gasteiger partial charge in [0, 0.05) is 19.6 Å². The molecule has 1 amide bonds. The van der Waals surface area contributed by atoms with Crippen molar-refractivity contribution in [3.05, 3.63) is 34.6 Å². The van der Waals surface area contributed by atoms with Gasteiger partial charge in [0.1, 0.15) is 0 Å². The van der Waals surface area contributed by atoms with E-state index >= 15 is 0 Å². The van der Waals surface area contributed by atoms with Gasteiger partial charge in [0.05, 0.1) is 16.8 Å². The first-order valence-corrected chi connectivity index (χ1v) is 11.2. The summed E-state index contributed by atoms with van der Waals surface area (Å²) in [6.45, 7) is 8.87. The molecule has 0 radical (unpaired) electrons. The number of thioether (sulfide) groups is 1. The van der Waals surface area contributed by atoms with Crippen LogP contribution in [0.15, 0.2) is 34.1 Å². The number of amides is 1. The molecule has 2 aromatic rings. The number of fused-ring (bicyclic) bond motifs is 1. The van der Waals surface area contributed by atoms with Gasteiger partial charge in [-0.25, -0.2) is 4.98 Å². The van der Waals surface area contributed by atoms with Crippen molar-refractivity contribution in [2.75, 3.05) is 31.9 Å². The number of hydrogen-bond donors (Lipinski definition) is 1. The van der Waals surface area contributed by atoms with E-state index in [4.69, 9.17) is 0 Å².